The number of aliphatic hydroxyl groups is 2. The lowest BCUT2D eigenvalue weighted by atomic mass is 10.0. The van der Waals surface area contributed by atoms with Gasteiger partial charge in [0.1, 0.15) is 12.7 Å². The molecule has 0 bridgehead atoms. The van der Waals surface area contributed by atoms with Crippen LogP contribution in [0.2, 0.25) is 0 Å². The smallest absolute Gasteiger partial charge is 0.306 e. The van der Waals surface area contributed by atoms with E-state index in [1.54, 1.807) is 0 Å². The molecular weight excluding hydrogens is 837 g/mol. The topological polar surface area (TPSA) is 119 Å². The highest BCUT2D eigenvalue weighted by Gasteiger charge is 2.08. The second kappa shape index (κ2) is 60.5. The minimum absolute atomic E-state index is 0.0273. The molecule has 0 spiro atoms. The van der Waals surface area contributed by atoms with E-state index in [-0.39, 0.29) is 43.3 Å². The van der Waals surface area contributed by atoms with Gasteiger partial charge in [0.15, 0.2) is 0 Å². The van der Waals surface area contributed by atoms with Crippen molar-refractivity contribution in [2.45, 2.75) is 349 Å². The fourth-order valence-electron chi connectivity index (χ4n) is 8.17. The molecule has 2 N–H and O–H groups in total. The number of hydrogen-bond donors (Lipinski definition) is 2. The number of unbranched alkanes of at least 4 members (excludes halogenated alkanes) is 38. The molecule has 8 heteroatoms. The Morgan fingerprint density at radius 2 is 0.522 bits per heavy atom. The number of carbonyl (C=O) groups is 3. The normalized spacial score (nSPS) is 11.5. The third-order valence-electron chi connectivity index (χ3n) is 12.3. The van der Waals surface area contributed by atoms with Gasteiger partial charge in [0, 0.05) is 19.3 Å². The second-order valence-corrected chi connectivity index (χ2v) is 20.3. The lowest BCUT2D eigenvalue weighted by Gasteiger charge is -2.08. The highest BCUT2D eigenvalue weighted by molar-refractivity contribution is 5.70. The zero-order chi connectivity index (χ0) is 50.1. The van der Waals surface area contributed by atoms with Gasteiger partial charge in [-0.25, -0.2) is 0 Å². The Hall–Kier alpha value is -1.67. The van der Waals surface area contributed by atoms with Crippen LogP contribution in [0, 0.1) is 0 Å². The van der Waals surface area contributed by atoms with Crippen LogP contribution in [0.15, 0.2) is 0 Å². The highest BCUT2D eigenvalue weighted by atomic mass is 16.5. The van der Waals surface area contributed by atoms with Crippen molar-refractivity contribution in [1.82, 2.24) is 0 Å². The Labute approximate surface area is 417 Å². The summed E-state index contributed by atoms with van der Waals surface area (Å²) in [5, 5.41) is 17.7. The summed E-state index contributed by atoms with van der Waals surface area (Å²) >= 11 is 0. The van der Waals surface area contributed by atoms with E-state index in [0.29, 0.717) is 19.3 Å². The SMILES string of the molecule is CCCCCCCCCCCCCCCC(=O)OC(C)C.CCCCCCCCCCCCCCCC(=O)OC(C)C.CCCCCCCCCCCCCCCCCC(=O)OCC(O)CO. The molecule has 67 heavy (non-hydrogen) atoms. The summed E-state index contributed by atoms with van der Waals surface area (Å²) in [6, 6.07) is 0. The van der Waals surface area contributed by atoms with Crippen molar-refractivity contribution in [1.29, 1.82) is 0 Å². The van der Waals surface area contributed by atoms with Gasteiger partial charge < -0.3 is 24.4 Å². The van der Waals surface area contributed by atoms with Gasteiger partial charge in [-0.05, 0) is 47.0 Å². The predicted octanol–water partition coefficient (Wildman–Crippen LogP) is 18.0. The van der Waals surface area contributed by atoms with Gasteiger partial charge in [-0.3, -0.25) is 14.4 Å². The van der Waals surface area contributed by atoms with Gasteiger partial charge in [0.2, 0.25) is 0 Å². The van der Waals surface area contributed by atoms with E-state index < -0.39 is 6.10 Å². The van der Waals surface area contributed by atoms with E-state index in [2.05, 4.69) is 20.8 Å². The molecule has 0 radical (unpaired) electrons. The summed E-state index contributed by atoms with van der Waals surface area (Å²) in [5.74, 6) is -0.344. The number of ether oxygens (including phenoxy) is 3. The van der Waals surface area contributed by atoms with Gasteiger partial charge in [-0.1, -0.05) is 265 Å². The lowest BCUT2D eigenvalue weighted by molar-refractivity contribution is -0.148. The van der Waals surface area contributed by atoms with E-state index in [9.17, 15) is 14.4 Å². The van der Waals surface area contributed by atoms with Crippen molar-refractivity contribution in [2.24, 2.45) is 0 Å². The zero-order valence-corrected chi connectivity index (χ0v) is 46.1. The molecule has 0 heterocycles. The van der Waals surface area contributed by atoms with Crippen molar-refractivity contribution >= 4 is 17.9 Å². The Morgan fingerprint density at radius 1 is 0.328 bits per heavy atom. The van der Waals surface area contributed by atoms with Crippen molar-refractivity contribution < 1.29 is 38.8 Å². The van der Waals surface area contributed by atoms with Crippen LogP contribution < -0.4 is 0 Å². The first-order chi connectivity index (χ1) is 32.5. The van der Waals surface area contributed by atoms with Gasteiger partial charge in [0.25, 0.3) is 0 Å². The van der Waals surface area contributed by atoms with Gasteiger partial charge in [0.05, 0.1) is 18.8 Å². The summed E-state index contributed by atoms with van der Waals surface area (Å²) in [6.07, 6.45) is 55.0. The number of esters is 3. The first kappa shape index (κ1) is 69.6. The van der Waals surface area contributed by atoms with Crippen LogP contribution in [0.25, 0.3) is 0 Å². The van der Waals surface area contributed by atoms with Crippen molar-refractivity contribution in [2.75, 3.05) is 13.2 Å². The van der Waals surface area contributed by atoms with E-state index in [4.69, 9.17) is 24.4 Å². The molecule has 8 nitrogen and oxygen atoms in total. The van der Waals surface area contributed by atoms with Gasteiger partial charge >= 0.3 is 17.9 Å². The third-order valence-corrected chi connectivity index (χ3v) is 12.3. The van der Waals surface area contributed by atoms with Crippen LogP contribution >= 0.6 is 0 Å². The summed E-state index contributed by atoms with van der Waals surface area (Å²) in [7, 11) is 0. The monoisotopic (exact) mass is 955 g/mol. The maximum absolute atomic E-state index is 11.4. The highest BCUT2D eigenvalue weighted by Crippen LogP contribution is 2.16. The van der Waals surface area contributed by atoms with Crippen LogP contribution in [0.5, 0.6) is 0 Å². The van der Waals surface area contributed by atoms with Crippen LogP contribution in [-0.4, -0.2) is 59.6 Å². The van der Waals surface area contributed by atoms with Crippen molar-refractivity contribution in [3.05, 3.63) is 0 Å². The van der Waals surface area contributed by atoms with Crippen LogP contribution in [-0.2, 0) is 28.6 Å². The van der Waals surface area contributed by atoms with Crippen molar-refractivity contribution in [3.63, 3.8) is 0 Å². The fraction of sp³-hybridized carbons (Fsp3) is 0.949. The number of aliphatic hydroxyl groups excluding tert-OH is 2. The summed E-state index contributed by atoms with van der Waals surface area (Å²) < 4.78 is 15.1. The molecule has 0 amide bonds. The zero-order valence-electron chi connectivity index (χ0n) is 46.1. The Morgan fingerprint density at radius 3 is 0.716 bits per heavy atom. The maximum atomic E-state index is 11.4. The standard InChI is InChI=1S/C21H42O4.2C19H38O2/c1-2-3-4-5-6-7-8-9-10-11-12-13-14-15-16-17-21(24)25-19-20(23)18-22;2*1-4-5-6-7-8-9-10-11-12-13-14-15-16-17-19(20)21-18(2)3/h20,22-23H,2-19H2,1H3;2*18H,4-17H2,1-3H3. The molecule has 0 aromatic rings. The molecule has 0 saturated heterocycles. The average Bonchev–Trinajstić information content (AvgIpc) is 3.29. The first-order valence-electron chi connectivity index (χ1n) is 29.4. The Bertz CT molecular complexity index is 921. The minimum atomic E-state index is -0.954. The van der Waals surface area contributed by atoms with E-state index in [1.807, 2.05) is 27.7 Å². The molecule has 0 aliphatic heterocycles. The number of hydrogen-bond acceptors (Lipinski definition) is 8. The minimum Gasteiger partial charge on any atom is -0.463 e. The van der Waals surface area contributed by atoms with Crippen LogP contribution in [0.4, 0.5) is 0 Å². The molecular formula is C59H118O8. The lowest BCUT2D eigenvalue weighted by Crippen LogP contribution is -2.21. The molecule has 402 valence electrons. The van der Waals surface area contributed by atoms with Gasteiger partial charge in [-0.2, -0.15) is 0 Å². The van der Waals surface area contributed by atoms with Gasteiger partial charge in [-0.15, -0.1) is 0 Å². The molecule has 0 fully saturated rings. The third kappa shape index (κ3) is 68.7. The molecule has 1 unspecified atom stereocenters. The summed E-state index contributed by atoms with van der Waals surface area (Å²) in [6.45, 7) is 14.0. The quantitative estimate of drug-likeness (QED) is 0.0352. The molecule has 0 aromatic heterocycles. The van der Waals surface area contributed by atoms with Crippen LogP contribution in [0.3, 0.4) is 0 Å². The maximum Gasteiger partial charge on any atom is 0.306 e. The summed E-state index contributed by atoms with van der Waals surface area (Å²) in [4.78, 5) is 34.0. The Kier molecular flexibility index (Phi) is 62.8. The number of rotatable bonds is 49. The molecule has 1 atom stereocenters. The predicted molar refractivity (Wildman–Crippen MR) is 287 cm³/mol. The van der Waals surface area contributed by atoms with E-state index >= 15 is 0 Å². The Balaban J connectivity index is -0.000000922. The first-order valence-corrected chi connectivity index (χ1v) is 29.4. The molecule has 0 aliphatic carbocycles. The molecule has 0 aliphatic rings. The van der Waals surface area contributed by atoms with E-state index in [1.165, 1.54) is 238 Å². The van der Waals surface area contributed by atoms with Crippen LogP contribution in [0.1, 0.15) is 331 Å². The summed E-state index contributed by atoms with van der Waals surface area (Å²) in [5.41, 5.74) is 0. The second-order valence-electron chi connectivity index (χ2n) is 20.3. The van der Waals surface area contributed by atoms with E-state index in [0.717, 1.165) is 25.7 Å². The van der Waals surface area contributed by atoms with Crippen molar-refractivity contribution in [3.8, 4) is 0 Å². The largest absolute Gasteiger partial charge is 0.463 e. The fourth-order valence-corrected chi connectivity index (χ4v) is 8.17. The molecule has 0 rings (SSSR count). The molecule has 0 aromatic carbocycles. The average molecular weight is 956 g/mol. The molecule has 0 saturated carbocycles. The number of carbonyl (C=O) groups excluding carboxylic acids is 3.